The van der Waals surface area contributed by atoms with Crippen LogP contribution in [0.25, 0.3) is 0 Å². The quantitative estimate of drug-likeness (QED) is 0.0155. The van der Waals surface area contributed by atoms with Crippen LogP contribution in [0.4, 0.5) is 0 Å². The van der Waals surface area contributed by atoms with Crippen molar-refractivity contribution in [1.82, 2.24) is 107 Å². The Labute approximate surface area is 806 Å². The lowest BCUT2D eigenvalue weighted by molar-refractivity contribution is 0.352. The molecular formula is C74H203Cl11N22Si11. The van der Waals surface area contributed by atoms with E-state index in [0.717, 1.165) is 130 Å². The number of hydrogen-bond donors (Lipinski definition) is 16. The highest BCUT2D eigenvalue weighted by atomic mass is 35.6. The summed E-state index contributed by atoms with van der Waals surface area (Å²) in [5.74, 6) is 1.36. The molecule has 0 fully saturated rings. The van der Waals surface area contributed by atoms with E-state index < -0.39 is 92.7 Å². The average Bonchev–Trinajstić information content (AvgIpc) is 0.904. The van der Waals surface area contributed by atoms with E-state index in [0.29, 0.717) is 36.0 Å². The fourth-order valence-corrected chi connectivity index (χ4v) is 33.5. The van der Waals surface area contributed by atoms with Crippen molar-refractivity contribution in [1.29, 1.82) is 0 Å². The van der Waals surface area contributed by atoms with Crippen LogP contribution in [0, 0.1) is 11.8 Å². The molecule has 0 amide bonds. The second kappa shape index (κ2) is 105. The minimum atomic E-state index is -1.48. The van der Waals surface area contributed by atoms with Gasteiger partial charge in [0.25, 0.3) is 92.7 Å². The Morgan fingerprint density at radius 1 is 0.288 bits per heavy atom. The molecule has 0 aromatic carbocycles. The molecule has 0 radical (unpaired) electrons. The molecule has 2 unspecified atom stereocenters. The molecule has 730 valence electrons. The standard InChI is InChI=1S/C12H29ClN2Si.5C8H21ClN2Si.2C6H17ClN2Si.2C4H13ClN2Si.C2H9ClN2Si/c1-5-9-14(10-6-2)16(13)15(11-7-3)12-8-4;1-7(2)5-10-12(9)11-6-8(3)4;1-7(2,3)10-12(9)11-8(4,5)6;1-5-10(6-2)12(9)11(7-3)8-4;1-5-7(3)10-12(9)11-8(4)6-2;1-3-5-7-10-12(9)11-8-6-4-2;1-5(2)8-10(7)9-6(3)4;1-3-5-8-10(7)9-6-4-2;1-6(2)8(5)7(3)4;1-3-6-8(5)7-4-2;1-4-6(3)5-2/h16H,5-12H2,1-4H3;7-8,10-12H,5-6H2,1-4H3;10-12H,1-6H3;12H,5-8H2,1-4H3;7-8,10-12H,5-6H2,1-4H3;10-12H,3-8H2,1-2H3;5-6,8-10H,1-4H3;8-10H,3-6H2,1-2H3;8H,1-4H3;6-8H,3-4H2,1-2H3;4-6H,1-2H3. The molecule has 118 heavy (non-hydrogen) atoms. The minimum Gasteiger partial charge on any atom is -0.319 e. The van der Waals surface area contributed by atoms with E-state index >= 15 is 0 Å². The van der Waals surface area contributed by atoms with Gasteiger partial charge in [-0.1, -0.05) is 193 Å². The third-order valence-electron chi connectivity index (χ3n) is 15.4. The Morgan fingerprint density at radius 3 is 0.746 bits per heavy atom. The van der Waals surface area contributed by atoms with Crippen molar-refractivity contribution in [3.8, 4) is 0 Å². The second-order valence-corrected chi connectivity index (χ2v) is 65.4. The van der Waals surface area contributed by atoms with E-state index in [4.69, 9.17) is 122 Å². The Morgan fingerprint density at radius 2 is 0.551 bits per heavy atom. The zero-order chi connectivity index (χ0) is 94.4. The normalized spacial score (nSPS) is 12.5. The Hall–Kier alpha value is 4.70. The van der Waals surface area contributed by atoms with Crippen LogP contribution in [0.2, 0.25) is 0 Å². The van der Waals surface area contributed by atoms with Gasteiger partial charge in [0.15, 0.2) is 0 Å². The van der Waals surface area contributed by atoms with Crippen LogP contribution in [0.3, 0.4) is 0 Å². The molecule has 0 rings (SSSR count). The topological polar surface area (TPSA) is 212 Å². The van der Waals surface area contributed by atoms with E-state index in [2.05, 4.69) is 329 Å². The summed E-state index contributed by atoms with van der Waals surface area (Å²) >= 11 is 66.8. The van der Waals surface area contributed by atoms with Gasteiger partial charge < -0.3 is 107 Å². The molecule has 44 heteroatoms. The molecule has 0 saturated carbocycles. The van der Waals surface area contributed by atoms with Crippen LogP contribution in [-0.4, -0.2) is 302 Å². The first-order valence-corrected chi connectivity index (χ1v) is 76.6. The van der Waals surface area contributed by atoms with Crippen molar-refractivity contribution in [2.45, 2.75) is 334 Å². The zero-order valence-electron chi connectivity index (χ0n) is 83.5. The molecule has 0 aliphatic rings. The fourth-order valence-electron chi connectivity index (χ4n) is 8.81. The van der Waals surface area contributed by atoms with Gasteiger partial charge in [0.2, 0.25) is 0 Å². The van der Waals surface area contributed by atoms with Gasteiger partial charge in [-0.15, -0.1) is 122 Å². The Bertz CT molecular complexity index is 1750. The molecule has 0 aliphatic carbocycles. The third-order valence-corrected chi connectivity index (χ3v) is 47.1. The maximum absolute atomic E-state index is 6.72. The van der Waals surface area contributed by atoms with Crippen molar-refractivity contribution in [3.63, 3.8) is 0 Å². The maximum atomic E-state index is 6.72. The number of halogens is 11. The van der Waals surface area contributed by atoms with Gasteiger partial charge in [-0.3, -0.25) is 0 Å². The van der Waals surface area contributed by atoms with E-state index in [1.54, 1.807) is 0 Å². The molecule has 22 nitrogen and oxygen atoms in total. The summed E-state index contributed by atoms with van der Waals surface area (Å²) in [5, 5.41) is 0. The van der Waals surface area contributed by atoms with Crippen molar-refractivity contribution in [3.05, 3.63) is 0 Å². The van der Waals surface area contributed by atoms with Crippen LogP contribution < -0.4 is 79.7 Å². The summed E-state index contributed by atoms with van der Waals surface area (Å²) in [4.78, 5) is 52.0. The number of nitrogens with one attached hydrogen (secondary N) is 16. The van der Waals surface area contributed by atoms with Gasteiger partial charge in [0, 0.05) is 11.1 Å². The smallest absolute Gasteiger partial charge is 0.291 e. The largest absolute Gasteiger partial charge is 0.319 e. The third kappa shape index (κ3) is 127. The number of rotatable bonds is 56. The average molecular weight is 2100 g/mol. The lowest BCUT2D eigenvalue weighted by Crippen LogP contribution is -2.57. The van der Waals surface area contributed by atoms with Crippen molar-refractivity contribution >= 4 is 215 Å². The van der Waals surface area contributed by atoms with Crippen LogP contribution in [-0.2, 0) is 0 Å². The molecule has 0 heterocycles. The first-order valence-electron chi connectivity index (χ1n) is 45.1. The maximum Gasteiger partial charge on any atom is 0.291 e. The summed E-state index contributed by atoms with van der Waals surface area (Å²) in [6.45, 7) is 86.2. The van der Waals surface area contributed by atoms with Gasteiger partial charge in [-0.25, -0.2) is 0 Å². The van der Waals surface area contributed by atoms with E-state index in [1.807, 2.05) is 42.3 Å². The van der Waals surface area contributed by atoms with Crippen molar-refractivity contribution in [2.75, 3.05) is 147 Å². The predicted molar refractivity (Wildman–Crippen MR) is 582 cm³/mol. The van der Waals surface area contributed by atoms with Crippen LogP contribution >= 0.6 is 122 Å². The van der Waals surface area contributed by atoms with E-state index in [1.165, 1.54) is 51.4 Å². The molecule has 0 spiro atoms. The predicted octanol–water partition coefficient (Wildman–Crippen LogP) is 12.9. The Kier molecular flexibility index (Phi) is 130. The Balaban J connectivity index is -0.000000119. The van der Waals surface area contributed by atoms with Crippen LogP contribution in [0.5, 0.6) is 0 Å². The summed E-state index contributed by atoms with van der Waals surface area (Å²) in [6, 6.07) is 2.05. The first kappa shape index (κ1) is 146. The van der Waals surface area contributed by atoms with Gasteiger partial charge in [-0.05, 0) is 289 Å². The highest BCUT2D eigenvalue weighted by Gasteiger charge is 2.25. The highest BCUT2D eigenvalue weighted by molar-refractivity contribution is 7.07. The first-order chi connectivity index (χ1) is 54.9. The highest BCUT2D eigenvalue weighted by Crippen LogP contribution is 2.11. The zero-order valence-corrected chi connectivity index (χ0v) is 104. The summed E-state index contributed by atoms with van der Waals surface area (Å²) < 4.78 is 14.0. The van der Waals surface area contributed by atoms with E-state index in [9.17, 15) is 0 Å². The van der Waals surface area contributed by atoms with Gasteiger partial charge in [0.1, 0.15) is 0 Å². The molecule has 16 N–H and O–H groups in total. The van der Waals surface area contributed by atoms with Crippen molar-refractivity contribution < 1.29 is 0 Å². The number of unbranched alkanes of at least 4 members (excludes halogenated alkanes) is 2. The summed E-state index contributed by atoms with van der Waals surface area (Å²) in [5.41, 5.74) is 0.216. The molecule has 0 aromatic rings. The van der Waals surface area contributed by atoms with Crippen LogP contribution in [0.15, 0.2) is 0 Å². The van der Waals surface area contributed by atoms with E-state index in [-0.39, 0.29) is 11.1 Å². The summed E-state index contributed by atoms with van der Waals surface area (Å²) in [6.07, 6.45) is 14.4. The van der Waals surface area contributed by atoms with Crippen LogP contribution in [0.1, 0.15) is 299 Å². The molecule has 0 saturated heterocycles. The lowest BCUT2D eigenvalue weighted by Gasteiger charge is -2.34. The van der Waals surface area contributed by atoms with Gasteiger partial charge >= 0.3 is 0 Å². The number of hydrogen-bond acceptors (Lipinski definition) is 22. The molecule has 0 aromatic heterocycles. The monoisotopic (exact) mass is 2090 g/mol. The SMILES string of the molecule is CC(C)(C)N[SiH](Cl)NC(C)(C)C.CC(C)CN[SiH](Cl)NCC(C)C.CC(C)N[SiH](Cl)NC(C)C.CCC(C)N[SiH](Cl)NC(C)CC.CCCCN[SiH](Cl)NCCCC.CCCN(CCC)[SiH](Cl)N(CCC)CCC.CCCN[SiH](Cl)NCCC.CCN(CC)[SiH](Cl)N(CC)CC.CCN[SiH](Cl)NCC.CN(C)[SiH](Cl)N(C)C.CN[SiH](Cl)NC. The fraction of sp³-hybridized carbons (Fsp3) is 1.00. The minimum absolute atomic E-state index is 0.108. The number of nitrogens with zero attached hydrogens (tertiary/aromatic N) is 6. The van der Waals surface area contributed by atoms with Crippen molar-refractivity contribution in [2.24, 2.45) is 11.8 Å². The lowest BCUT2D eigenvalue weighted by atomic mass is 10.1. The molecule has 0 aliphatic heterocycles. The second-order valence-electron chi connectivity index (χ2n) is 32.5. The van der Waals surface area contributed by atoms with Gasteiger partial charge in [0.05, 0.1) is 0 Å². The summed E-state index contributed by atoms with van der Waals surface area (Å²) in [7, 11) is -2.68. The molecule has 2 atom stereocenters. The molecular weight excluding hydrogens is 1900 g/mol. The van der Waals surface area contributed by atoms with Gasteiger partial charge in [-0.2, -0.15) is 0 Å². The molecule has 0 bridgehead atoms.